The van der Waals surface area contributed by atoms with E-state index >= 15 is 0 Å². The number of aromatic amines is 1. The number of nitrogens with one attached hydrogen (secondary N) is 2. The zero-order valence-electron chi connectivity index (χ0n) is 9.61. The number of hydrogen-bond donors (Lipinski definition) is 2. The Morgan fingerprint density at radius 1 is 1.17 bits per heavy atom. The zero-order valence-corrected chi connectivity index (χ0v) is 10.4. The second-order valence-electron chi connectivity index (χ2n) is 3.85. The molecule has 0 aliphatic rings. The maximum Gasteiger partial charge on any atom is 0.183 e. The van der Waals surface area contributed by atoms with Crippen molar-refractivity contribution in [3.05, 3.63) is 41.4 Å². The summed E-state index contributed by atoms with van der Waals surface area (Å²) in [7, 11) is 0. The third-order valence-corrected chi connectivity index (χ3v) is 2.76. The van der Waals surface area contributed by atoms with Gasteiger partial charge in [0.05, 0.1) is 6.33 Å². The number of halogens is 1. The average molecular weight is 260 g/mol. The number of imidazole rings is 1. The normalized spacial score (nSPS) is 10.8. The van der Waals surface area contributed by atoms with E-state index in [1.165, 1.54) is 0 Å². The molecule has 0 atom stereocenters. The number of anilines is 2. The fourth-order valence-electron chi connectivity index (χ4n) is 1.70. The number of aromatic nitrogens is 4. The molecule has 0 bridgehead atoms. The lowest BCUT2D eigenvalue weighted by Gasteiger charge is -2.06. The Hall–Kier alpha value is -2.14. The highest BCUT2D eigenvalue weighted by atomic mass is 35.5. The van der Waals surface area contributed by atoms with Crippen LogP contribution in [0.5, 0.6) is 0 Å². The summed E-state index contributed by atoms with van der Waals surface area (Å²) in [6, 6.07) is 7.42. The average Bonchev–Trinajstić information content (AvgIpc) is 2.80. The van der Waals surface area contributed by atoms with Crippen LogP contribution in [0.3, 0.4) is 0 Å². The molecule has 18 heavy (non-hydrogen) atoms. The summed E-state index contributed by atoms with van der Waals surface area (Å²) >= 11 is 5.85. The Kier molecular flexibility index (Phi) is 2.60. The number of aryl methyl sites for hydroxylation is 1. The van der Waals surface area contributed by atoms with Crippen LogP contribution in [0.1, 0.15) is 5.82 Å². The van der Waals surface area contributed by atoms with Gasteiger partial charge in [0.2, 0.25) is 0 Å². The molecule has 2 N–H and O–H groups in total. The topological polar surface area (TPSA) is 66.5 Å². The summed E-state index contributed by atoms with van der Waals surface area (Å²) in [6.07, 6.45) is 1.60. The summed E-state index contributed by atoms with van der Waals surface area (Å²) in [6.45, 7) is 1.83. The van der Waals surface area contributed by atoms with Crippen molar-refractivity contribution in [2.24, 2.45) is 0 Å². The van der Waals surface area contributed by atoms with Gasteiger partial charge in [0.15, 0.2) is 11.5 Å². The Labute approximate surface area is 108 Å². The number of benzene rings is 1. The van der Waals surface area contributed by atoms with Crippen molar-refractivity contribution in [1.29, 1.82) is 0 Å². The van der Waals surface area contributed by atoms with Crippen LogP contribution in [0.4, 0.5) is 11.5 Å². The van der Waals surface area contributed by atoms with Gasteiger partial charge < -0.3 is 10.3 Å². The van der Waals surface area contributed by atoms with Crippen molar-refractivity contribution in [3.8, 4) is 0 Å². The molecule has 0 spiro atoms. The van der Waals surface area contributed by atoms with Gasteiger partial charge in [0.1, 0.15) is 11.3 Å². The second kappa shape index (κ2) is 4.27. The van der Waals surface area contributed by atoms with Gasteiger partial charge in [-0.05, 0) is 31.2 Å². The van der Waals surface area contributed by atoms with Crippen molar-refractivity contribution < 1.29 is 0 Å². The van der Waals surface area contributed by atoms with Gasteiger partial charge in [-0.25, -0.2) is 15.0 Å². The fraction of sp³-hybridized carbons (Fsp3) is 0.0833. The maximum atomic E-state index is 5.85. The molecule has 0 fully saturated rings. The van der Waals surface area contributed by atoms with Gasteiger partial charge in [-0.1, -0.05) is 11.6 Å². The zero-order chi connectivity index (χ0) is 12.5. The van der Waals surface area contributed by atoms with Crippen LogP contribution >= 0.6 is 11.6 Å². The monoisotopic (exact) mass is 259 g/mol. The minimum absolute atomic E-state index is 0.652. The largest absolute Gasteiger partial charge is 0.340 e. The molecular formula is C12H10ClN5. The molecule has 3 rings (SSSR count). The smallest absolute Gasteiger partial charge is 0.183 e. The van der Waals surface area contributed by atoms with Crippen LogP contribution in [0, 0.1) is 6.92 Å². The molecule has 2 heterocycles. The first-order valence-corrected chi connectivity index (χ1v) is 5.80. The summed E-state index contributed by atoms with van der Waals surface area (Å²) in [5, 5.41) is 3.92. The number of hydrogen-bond acceptors (Lipinski definition) is 4. The standard InChI is InChI=1S/C12H10ClN5/c1-7-16-11-10(14-6-15-11)12(17-7)18-9-4-2-8(13)3-5-9/h2-6H,1H3,(H2,14,15,16,17,18). The number of rotatable bonds is 2. The lowest BCUT2D eigenvalue weighted by molar-refractivity contribution is 1.08. The Morgan fingerprint density at radius 2 is 1.94 bits per heavy atom. The van der Waals surface area contributed by atoms with Gasteiger partial charge in [-0.15, -0.1) is 0 Å². The molecule has 90 valence electrons. The molecule has 1 aromatic carbocycles. The summed E-state index contributed by atoms with van der Waals surface area (Å²) in [5.74, 6) is 1.38. The summed E-state index contributed by atoms with van der Waals surface area (Å²) in [4.78, 5) is 15.8. The van der Waals surface area contributed by atoms with Crippen LogP contribution in [-0.4, -0.2) is 19.9 Å². The minimum atomic E-state index is 0.652. The molecule has 0 saturated carbocycles. The lowest BCUT2D eigenvalue weighted by Crippen LogP contribution is -1.98. The quantitative estimate of drug-likeness (QED) is 0.742. The minimum Gasteiger partial charge on any atom is -0.340 e. The van der Waals surface area contributed by atoms with Crippen molar-refractivity contribution in [2.75, 3.05) is 5.32 Å². The van der Waals surface area contributed by atoms with E-state index in [9.17, 15) is 0 Å². The first kappa shape index (κ1) is 11.0. The van der Waals surface area contributed by atoms with Crippen LogP contribution in [0.25, 0.3) is 11.2 Å². The molecule has 0 amide bonds. The van der Waals surface area contributed by atoms with Crippen LogP contribution in [0.15, 0.2) is 30.6 Å². The van der Waals surface area contributed by atoms with Crippen LogP contribution < -0.4 is 5.32 Å². The van der Waals surface area contributed by atoms with Gasteiger partial charge >= 0.3 is 0 Å². The third-order valence-electron chi connectivity index (χ3n) is 2.50. The van der Waals surface area contributed by atoms with Crippen molar-refractivity contribution in [3.63, 3.8) is 0 Å². The van der Waals surface area contributed by atoms with E-state index in [0.717, 1.165) is 11.2 Å². The molecule has 0 radical (unpaired) electrons. The molecule has 0 unspecified atom stereocenters. The van der Waals surface area contributed by atoms with E-state index in [-0.39, 0.29) is 0 Å². The number of H-pyrrole nitrogens is 1. The second-order valence-corrected chi connectivity index (χ2v) is 4.29. The number of nitrogens with zero attached hydrogens (tertiary/aromatic N) is 3. The Bertz CT molecular complexity index is 689. The maximum absolute atomic E-state index is 5.85. The van der Waals surface area contributed by atoms with E-state index < -0.39 is 0 Å². The Balaban J connectivity index is 2.03. The SMILES string of the molecule is Cc1nc(Nc2ccc(Cl)cc2)c2[nH]cnc2n1. The molecule has 0 aliphatic heterocycles. The third kappa shape index (κ3) is 2.00. The fourth-order valence-corrected chi connectivity index (χ4v) is 1.83. The predicted octanol–water partition coefficient (Wildman–Crippen LogP) is 3.06. The number of fused-ring (bicyclic) bond motifs is 1. The van der Waals surface area contributed by atoms with Gasteiger partial charge in [0.25, 0.3) is 0 Å². The van der Waals surface area contributed by atoms with Gasteiger partial charge in [0, 0.05) is 10.7 Å². The van der Waals surface area contributed by atoms with E-state index in [1.54, 1.807) is 6.33 Å². The predicted molar refractivity (Wildman–Crippen MR) is 71.2 cm³/mol. The van der Waals surface area contributed by atoms with E-state index in [2.05, 4.69) is 25.3 Å². The van der Waals surface area contributed by atoms with Crippen LogP contribution in [0.2, 0.25) is 5.02 Å². The first-order chi connectivity index (χ1) is 8.72. The highest BCUT2D eigenvalue weighted by molar-refractivity contribution is 6.30. The molecule has 5 nitrogen and oxygen atoms in total. The molecule has 3 aromatic rings. The van der Waals surface area contributed by atoms with E-state index in [4.69, 9.17) is 11.6 Å². The van der Waals surface area contributed by atoms with Crippen LogP contribution in [-0.2, 0) is 0 Å². The highest BCUT2D eigenvalue weighted by Gasteiger charge is 2.07. The molecule has 2 aromatic heterocycles. The molecular weight excluding hydrogens is 250 g/mol. The Morgan fingerprint density at radius 3 is 2.72 bits per heavy atom. The first-order valence-electron chi connectivity index (χ1n) is 5.43. The van der Waals surface area contributed by atoms with Crippen molar-refractivity contribution >= 4 is 34.3 Å². The highest BCUT2D eigenvalue weighted by Crippen LogP contribution is 2.22. The molecule has 0 saturated heterocycles. The lowest BCUT2D eigenvalue weighted by atomic mass is 10.3. The van der Waals surface area contributed by atoms with E-state index in [0.29, 0.717) is 22.3 Å². The van der Waals surface area contributed by atoms with Gasteiger partial charge in [-0.2, -0.15) is 0 Å². The molecule has 0 aliphatic carbocycles. The van der Waals surface area contributed by atoms with Gasteiger partial charge in [-0.3, -0.25) is 0 Å². The summed E-state index contributed by atoms with van der Waals surface area (Å²) in [5.41, 5.74) is 2.35. The van der Waals surface area contributed by atoms with Crippen molar-refractivity contribution in [2.45, 2.75) is 6.92 Å². The van der Waals surface area contributed by atoms with E-state index in [1.807, 2.05) is 31.2 Å². The van der Waals surface area contributed by atoms with Crippen molar-refractivity contribution in [1.82, 2.24) is 19.9 Å². The summed E-state index contributed by atoms with van der Waals surface area (Å²) < 4.78 is 0. The molecule has 6 heteroatoms.